The third-order valence-electron chi connectivity index (χ3n) is 2.52. The molecule has 1 heterocycles. The van der Waals surface area contributed by atoms with Crippen molar-refractivity contribution < 1.29 is 18.3 Å². The second kappa shape index (κ2) is 4.93. The number of rotatable bonds is 4. The van der Waals surface area contributed by atoms with Gasteiger partial charge in [-0.3, -0.25) is 4.79 Å². The number of carboxylic acid groups (broad SMARTS) is 1. The van der Waals surface area contributed by atoms with Crippen LogP contribution in [0, 0.1) is 5.92 Å². The summed E-state index contributed by atoms with van der Waals surface area (Å²) in [6, 6.07) is -0.914. The lowest BCUT2D eigenvalue weighted by Gasteiger charge is -2.28. The van der Waals surface area contributed by atoms with Crippen molar-refractivity contribution in [3.63, 3.8) is 0 Å². The van der Waals surface area contributed by atoms with Crippen LogP contribution in [0.2, 0.25) is 0 Å². The SMILES string of the molecule is CCS(=O)(=O)N1C(C(=O)O)CSC1C(C)C. The predicted molar refractivity (Wildman–Crippen MR) is 63.8 cm³/mol. The Morgan fingerprint density at radius 1 is 1.56 bits per heavy atom. The monoisotopic (exact) mass is 267 g/mol. The Hall–Kier alpha value is -0.270. The second-order valence-corrected chi connectivity index (χ2v) is 7.36. The van der Waals surface area contributed by atoms with E-state index in [2.05, 4.69) is 0 Å². The molecule has 1 saturated heterocycles. The third-order valence-corrected chi connectivity index (χ3v) is 6.13. The molecule has 0 aromatic rings. The molecule has 0 saturated carbocycles. The number of nitrogens with zero attached hydrogens (tertiary/aromatic N) is 1. The first kappa shape index (κ1) is 13.8. The lowest BCUT2D eigenvalue weighted by atomic mass is 10.2. The van der Waals surface area contributed by atoms with Crippen LogP contribution in [0.4, 0.5) is 0 Å². The zero-order valence-electron chi connectivity index (χ0n) is 9.58. The molecule has 5 nitrogen and oxygen atoms in total. The molecule has 0 aliphatic carbocycles. The molecule has 0 spiro atoms. The Morgan fingerprint density at radius 2 is 2.12 bits per heavy atom. The molecule has 0 radical (unpaired) electrons. The van der Waals surface area contributed by atoms with Crippen LogP contribution in [0.5, 0.6) is 0 Å². The van der Waals surface area contributed by atoms with Gasteiger partial charge in [-0.25, -0.2) is 8.42 Å². The van der Waals surface area contributed by atoms with Crippen molar-refractivity contribution in [2.75, 3.05) is 11.5 Å². The van der Waals surface area contributed by atoms with Gasteiger partial charge in [0.1, 0.15) is 6.04 Å². The van der Waals surface area contributed by atoms with Crippen LogP contribution in [0.1, 0.15) is 20.8 Å². The highest BCUT2D eigenvalue weighted by Crippen LogP contribution is 2.36. The van der Waals surface area contributed by atoms with Gasteiger partial charge in [-0.1, -0.05) is 13.8 Å². The molecule has 0 amide bonds. The van der Waals surface area contributed by atoms with E-state index in [1.54, 1.807) is 0 Å². The van der Waals surface area contributed by atoms with Crippen molar-refractivity contribution in [1.82, 2.24) is 4.31 Å². The maximum absolute atomic E-state index is 11.9. The molecule has 7 heteroatoms. The number of sulfonamides is 1. The van der Waals surface area contributed by atoms with E-state index in [-0.39, 0.29) is 17.0 Å². The normalized spacial score (nSPS) is 27.5. The minimum atomic E-state index is -3.45. The summed E-state index contributed by atoms with van der Waals surface area (Å²) in [7, 11) is -3.45. The Labute approximate surface area is 100 Å². The van der Waals surface area contributed by atoms with Gasteiger partial charge in [0, 0.05) is 5.75 Å². The first-order valence-electron chi connectivity index (χ1n) is 5.17. The van der Waals surface area contributed by atoms with E-state index in [1.165, 1.54) is 23.0 Å². The molecule has 1 fully saturated rings. The van der Waals surface area contributed by atoms with Crippen LogP contribution in [0.3, 0.4) is 0 Å². The van der Waals surface area contributed by atoms with Gasteiger partial charge in [0.05, 0.1) is 11.1 Å². The minimum absolute atomic E-state index is 0.0550. The van der Waals surface area contributed by atoms with E-state index in [4.69, 9.17) is 5.11 Å². The van der Waals surface area contributed by atoms with Gasteiger partial charge >= 0.3 is 5.97 Å². The largest absolute Gasteiger partial charge is 0.480 e. The molecule has 0 aromatic carbocycles. The van der Waals surface area contributed by atoms with Gasteiger partial charge in [-0.15, -0.1) is 11.8 Å². The molecule has 1 aliphatic rings. The average molecular weight is 267 g/mol. The van der Waals surface area contributed by atoms with Crippen LogP contribution >= 0.6 is 11.8 Å². The number of hydrogen-bond donors (Lipinski definition) is 1. The fourth-order valence-corrected chi connectivity index (χ4v) is 5.12. The van der Waals surface area contributed by atoms with E-state index < -0.39 is 22.0 Å². The first-order chi connectivity index (χ1) is 7.31. The maximum atomic E-state index is 11.9. The van der Waals surface area contributed by atoms with Gasteiger partial charge in [-0.2, -0.15) is 4.31 Å². The molecular weight excluding hydrogens is 250 g/mol. The smallest absolute Gasteiger partial charge is 0.322 e. The summed E-state index contributed by atoms with van der Waals surface area (Å²) in [5.74, 6) is -0.679. The summed E-state index contributed by atoms with van der Waals surface area (Å²) in [6.45, 7) is 5.34. The van der Waals surface area contributed by atoms with Crippen molar-refractivity contribution >= 4 is 27.8 Å². The van der Waals surface area contributed by atoms with E-state index in [1.807, 2.05) is 13.8 Å². The van der Waals surface area contributed by atoms with E-state index in [0.29, 0.717) is 5.75 Å². The number of carbonyl (C=O) groups is 1. The molecule has 1 N–H and O–H groups in total. The fourth-order valence-electron chi connectivity index (χ4n) is 1.68. The lowest BCUT2D eigenvalue weighted by Crippen LogP contribution is -2.47. The highest BCUT2D eigenvalue weighted by atomic mass is 32.2. The van der Waals surface area contributed by atoms with Crippen LogP contribution in [-0.4, -0.2) is 46.7 Å². The van der Waals surface area contributed by atoms with Crippen molar-refractivity contribution in [2.45, 2.75) is 32.2 Å². The number of carboxylic acids is 1. The average Bonchev–Trinajstić information content (AvgIpc) is 2.62. The molecule has 2 atom stereocenters. The minimum Gasteiger partial charge on any atom is -0.480 e. The molecule has 16 heavy (non-hydrogen) atoms. The van der Waals surface area contributed by atoms with Gasteiger partial charge in [0.25, 0.3) is 0 Å². The Kier molecular flexibility index (Phi) is 4.25. The zero-order chi connectivity index (χ0) is 12.5. The van der Waals surface area contributed by atoms with Crippen LogP contribution in [0.15, 0.2) is 0 Å². The van der Waals surface area contributed by atoms with Crippen molar-refractivity contribution in [1.29, 1.82) is 0 Å². The van der Waals surface area contributed by atoms with Crippen molar-refractivity contribution in [2.24, 2.45) is 5.92 Å². The number of thioether (sulfide) groups is 1. The summed E-state index contributed by atoms with van der Waals surface area (Å²) < 4.78 is 24.9. The van der Waals surface area contributed by atoms with Gasteiger partial charge in [0.2, 0.25) is 10.0 Å². The van der Waals surface area contributed by atoms with Crippen LogP contribution in [-0.2, 0) is 14.8 Å². The summed E-state index contributed by atoms with van der Waals surface area (Å²) in [5.41, 5.74) is 0. The van der Waals surface area contributed by atoms with Gasteiger partial charge < -0.3 is 5.11 Å². The highest BCUT2D eigenvalue weighted by molar-refractivity contribution is 8.01. The van der Waals surface area contributed by atoms with Gasteiger partial charge in [-0.05, 0) is 12.8 Å². The van der Waals surface area contributed by atoms with Gasteiger partial charge in [0.15, 0.2) is 0 Å². The van der Waals surface area contributed by atoms with E-state index in [9.17, 15) is 13.2 Å². The van der Waals surface area contributed by atoms with Crippen LogP contribution in [0.25, 0.3) is 0 Å². The second-order valence-electron chi connectivity index (χ2n) is 4.05. The summed E-state index contributed by atoms with van der Waals surface area (Å²) in [5, 5.41) is 8.76. The number of hydrogen-bond acceptors (Lipinski definition) is 4. The Balaban J connectivity index is 3.08. The molecule has 1 rings (SSSR count). The summed E-state index contributed by atoms with van der Waals surface area (Å²) in [6.07, 6.45) is 0. The summed E-state index contributed by atoms with van der Waals surface area (Å²) in [4.78, 5) is 11.0. The molecular formula is C9H17NO4S2. The molecule has 94 valence electrons. The Bertz CT molecular complexity index is 366. The topological polar surface area (TPSA) is 74.7 Å². The first-order valence-corrected chi connectivity index (χ1v) is 7.82. The maximum Gasteiger partial charge on any atom is 0.322 e. The molecule has 1 aliphatic heterocycles. The standard InChI is InChI=1S/C9H17NO4S2/c1-4-16(13,14)10-7(9(11)12)5-15-8(10)6(2)3/h6-8H,4-5H2,1-3H3,(H,11,12). The highest BCUT2D eigenvalue weighted by Gasteiger charge is 2.45. The fraction of sp³-hybridized carbons (Fsp3) is 0.889. The molecule has 2 unspecified atom stereocenters. The predicted octanol–water partition coefficient (Wildman–Crippen LogP) is 0.820. The van der Waals surface area contributed by atoms with Crippen molar-refractivity contribution in [3.8, 4) is 0 Å². The number of aliphatic carboxylic acids is 1. The summed E-state index contributed by atoms with van der Waals surface area (Å²) >= 11 is 1.40. The molecule has 0 aromatic heterocycles. The third kappa shape index (κ3) is 2.52. The van der Waals surface area contributed by atoms with E-state index >= 15 is 0 Å². The van der Waals surface area contributed by atoms with E-state index in [0.717, 1.165) is 0 Å². The Morgan fingerprint density at radius 3 is 2.50 bits per heavy atom. The van der Waals surface area contributed by atoms with Crippen LogP contribution < -0.4 is 0 Å². The quantitative estimate of drug-likeness (QED) is 0.816. The lowest BCUT2D eigenvalue weighted by molar-refractivity contribution is -0.140. The molecule has 0 bridgehead atoms. The zero-order valence-corrected chi connectivity index (χ0v) is 11.2. The van der Waals surface area contributed by atoms with Crippen molar-refractivity contribution in [3.05, 3.63) is 0 Å².